The summed E-state index contributed by atoms with van der Waals surface area (Å²) < 4.78 is 7.35. The first kappa shape index (κ1) is 17.6. The van der Waals surface area contributed by atoms with Crippen LogP contribution in [-0.2, 0) is 6.54 Å². The molecule has 8 heteroatoms. The summed E-state index contributed by atoms with van der Waals surface area (Å²) in [7, 11) is 0. The Morgan fingerprint density at radius 1 is 1.07 bits per heavy atom. The van der Waals surface area contributed by atoms with Gasteiger partial charge in [0.15, 0.2) is 0 Å². The van der Waals surface area contributed by atoms with Gasteiger partial charge in [-0.1, -0.05) is 17.3 Å². The minimum Gasteiger partial charge on any atom is -0.334 e. The molecule has 0 unspecified atom stereocenters. The lowest BCUT2D eigenvalue weighted by molar-refractivity contribution is -0.384. The number of non-ortho nitro benzene ring substituents is 1. The summed E-state index contributed by atoms with van der Waals surface area (Å²) in [4.78, 5) is 14.8. The molecular weight excluding hydrogens is 358 g/mol. The van der Waals surface area contributed by atoms with Gasteiger partial charge in [-0.05, 0) is 49.7 Å². The quantitative estimate of drug-likeness (QED) is 0.383. The minimum atomic E-state index is -0.445. The summed E-state index contributed by atoms with van der Waals surface area (Å²) in [5.74, 6) is 0.775. The molecule has 0 fully saturated rings. The highest BCUT2D eigenvalue weighted by molar-refractivity contribution is 5.61. The van der Waals surface area contributed by atoms with Crippen molar-refractivity contribution in [2.24, 2.45) is 0 Å². The number of nitrogens with zero attached hydrogens (tertiary/aromatic N) is 5. The average molecular weight is 375 g/mol. The van der Waals surface area contributed by atoms with Gasteiger partial charge in [0, 0.05) is 29.0 Å². The Balaban J connectivity index is 1.58. The van der Waals surface area contributed by atoms with Gasteiger partial charge >= 0.3 is 0 Å². The van der Waals surface area contributed by atoms with Crippen LogP contribution in [0.4, 0.5) is 5.69 Å². The van der Waals surface area contributed by atoms with E-state index in [1.807, 2.05) is 48.9 Å². The summed E-state index contributed by atoms with van der Waals surface area (Å²) >= 11 is 0. The van der Waals surface area contributed by atoms with Crippen molar-refractivity contribution < 1.29 is 9.45 Å². The molecule has 0 saturated heterocycles. The van der Waals surface area contributed by atoms with Crippen molar-refractivity contribution in [3.63, 3.8) is 0 Å². The van der Waals surface area contributed by atoms with E-state index in [1.165, 1.54) is 12.1 Å². The molecule has 0 bridgehead atoms. The average Bonchev–Trinajstić information content (AvgIpc) is 3.29. The summed E-state index contributed by atoms with van der Waals surface area (Å²) in [5.41, 5.74) is 4.63. The van der Waals surface area contributed by atoms with Crippen LogP contribution >= 0.6 is 0 Å². The van der Waals surface area contributed by atoms with Crippen LogP contribution in [0.5, 0.6) is 0 Å². The summed E-state index contributed by atoms with van der Waals surface area (Å²) in [6.07, 6.45) is 0. The van der Waals surface area contributed by atoms with Crippen molar-refractivity contribution in [3.05, 3.63) is 81.7 Å². The molecule has 0 aliphatic rings. The van der Waals surface area contributed by atoms with Crippen LogP contribution in [0.2, 0.25) is 0 Å². The highest BCUT2D eigenvalue weighted by Crippen LogP contribution is 2.24. The fourth-order valence-corrected chi connectivity index (χ4v) is 3.00. The zero-order valence-corrected chi connectivity index (χ0v) is 15.4. The van der Waals surface area contributed by atoms with Crippen molar-refractivity contribution in [2.75, 3.05) is 0 Å². The lowest BCUT2D eigenvalue weighted by Gasteiger charge is -2.05. The zero-order chi connectivity index (χ0) is 19.7. The number of hydrogen-bond acceptors (Lipinski definition) is 6. The topological polar surface area (TPSA) is 99.9 Å². The molecule has 8 nitrogen and oxygen atoms in total. The Morgan fingerprint density at radius 2 is 1.86 bits per heavy atom. The second kappa shape index (κ2) is 7.07. The Bertz CT molecular complexity index is 1140. The largest absolute Gasteiger partial charge is 0.334 e. The van der Waals surface area contributed by atoms with E-state index in [0.717, 1.165) is 22.5 Å². The Morgan fingerprint density at radius 3 is 2.54 bits per heavy atom. The summed E-state index contributed by atoms with van der Waals surface area (Å²) in [5, 5.41) is 19.3. The predicted molar refractivity (Wildman–Crippen MR) is 103 cm³/mol. The van der Waals surface area contributed by atoms with Crippen LogP contribution in [-0.4, -0.2) is 24.8 Å². The maximum Gasteiger partial charge on any atom is 0.269 e. The molecule has 0 radical (unpaired) electrons. The van der Waals surface area contributed by atoms with Gasteiger partial charge in [0.25, 0.3) is 11.6 Å². The maximum absolute atomic E-state index is 10.8. The zero-order valence-electron chi connectivity index (χ0n) is 15.4. The van der Waals surface area contributed by atoms with E-state index in [4.69, 9.17) is 4.52 Å². The molecule has 0 N–H and O–H groups in total. The molecule has 140 valence electrons. The van der Waals surface area contributed by atoms with Crippen molar-refractivity contribution in [3.8, 4) is 22.8 Å². The molecule has 2 aromatic carbocycles. The second-order valence-electron chi connectivity index (χ2n) is 6.51. The van der Waals surface area contributed by atoms with E-state index in [0.29, 0.717) is 23.8 Å². The SMILES string of the molecule is Cc1cc(C)n(Cc2cccc(-c3nc(-c4ccc([N+](=O)[O-])cc4)no3)c2)n1. The number of nitro benzene ring substituents is 1. The predicted octanol–water partition coefficient (Wildman–Crippen LogP) is 4.17. The molecule has 2 heterocycles. The minimum absolute atomic E-state index is 0.0179. The lowest BCUT2D eigenvalue weighted by atomic mass is 10.1. The van der Waals surface area contributed by atoms with Gasteiger partial charge in [0.2, 0.25) is 5.82 Å². The monoisotopic (exact) mass is 375 g/mol. The van der Waals surface area contributed by atoms with Crippen LogP contribution < -0.4 is 0 Å². The molecule has 0 saturated carbocycles. The molecule has 0 amide bonds. The van der Waals surface area contributed by atoms with Crippen molar-refractivity contribution >= 4 is 5.69 Å². The normalized spacial score (nSPS) is 10.9. The van der Waals surface area contributed by atoms with E-state index in [2.05, 4.69) is 15.2 Å². The first-order valence-electron chi connectivity index (χ1n) is 8.68. The maximum atomic E-state index is 10.8. The molecule has 0 atom stereocenters. The third-order valence-electron chi connectivity index (χ3n) is 4.37. The van der Waals surface area contributed by atoms with Crippen LogP contribution in [0.1, 0.15) is 17.0 Å². The summed E-state index contributed by atoms with van der Waals surface area (Å²) in [6, 6.07) is 15.9. The van der Waals surface area contributed by atoms with Crippen LogP contribution in [0.3, 0.4) is 0 Å². The molecular formula is C20H17N5O3. The van der Waals surface area contributed by atoms with Gasteiger partial charge in [0.05, 0.1) is 17.2 Å². The first-order valence-corrected chi connectivity index (χ1v) is 8.68. The number of aryl methyl sites for hydroxylation is 2. The van der Waals surface area contributed by atoms with Gasteiger partial charge in [-0.25, -0.2) is 0 Å². The van der Waals surface area contributed by atoms with Crippen molar-refractivity contribution in [1.29, 1.82) is 0 Å². The van der Waals surface area contributed by atoms with Crippen LogP contribution in [0.15, 0.2) is 59.1 Å². The fourth-order valence-electron chi connectivity index (χ4n) is 3.00. The molecule has 4 rings (SSSR count). The molecule has 2 aromatic heterocycles. The molecule has 0 spiro atoms. The third kappa shape index (κ3) is 3.52. The highest BCUT2D eigenvalue weighted by atomic mass is 16.6. The number of hydrogen-bond donors (Lipinski definition) is 0. The molecule has 0 aliphatic heterocycles. The van der Waals surface area contributed by atoms with E-state index in [9.17, 15) is 10.1 Å². The molecule has 4 aromatic rings. The van der Waals surface area contributed by atoms with Crippen molar-refractivity contribution in [2.45, 2.75) is 20.4 Å². The number of benzene rings is 2. The van der Waals surface area contributed by atoms with Crippen molar-refractivity contribution in [1.82, 2.24) is 19.9 Å². The second-order valence-corrected chi connectivity index (χ2v) is 6.51. The van der Waals surface area contributed by atoms with E-state index >= 15 is 0 Å². The first-order chi connectivity index (χ1) is 13.5. The van der Waals surface area contributed by atoms with Gasteiger partial charge in [-0.2, -0.15) is 10.1 Å². The Hall–Kier alpha value is -3.81. The smallest absolute Gasteiger partial charge is 0.269 e. The molecule has 28 heavy (non-hydrogen) atoms. The number of rotatable bonds is 5. The number of aromatic nitrogens is 4. The van der Waals surface area contributed by atoms with Gasteiger partial charge in [-0.15, -0.1) is 0 Å². The van der Waals surface area contributed by atoms with E-state index in [1.54, 1.807) is 12.1 Å². The van der Waals surface area contributed by atoms with Crippen LogP contribution in [0.25, 0.3) is 22.8 Å². The van der Waals surface area contributed by atoms with E-state index < -0.39 is 4.92 Å². The standard InChI is InChI=1S/C20H17N5O3/c1-13-10-14(2)24(22-13)12-15-4-3-5-17(11-15)20-21-19(23-28-20)16-6-8-18(9-7-16)25(26)27/h3-11H,12H2,1-2H3. The fraction of sp³-hybridized carbons (Fsp3) is 0.150. The van der Waals surface area contributed by atoms with Gasteiger partial charge in [-0.3, -0.25) is 14.8 Å². The number of nitro groups is 1. The van der Waals surface area contributed by atoms with Gasteiger partial charge in [0.1, 0.15) is 0 Å². The highest BCUT2D eigenvalue weighted by Gasteiger charge is 2.13. The molecule has 0 aliphatic carbocycles. The van der Waals surface area contributed by atoms with E-state index in [-0.39, 0.29) is 5.69 Å². The Kier molecular flexibility index (Phi) is 4.44. The third-order valence-corrected chi connectivity index (χ3v) is 4.37. The lowest BCUT2D eigenvalue weighted by Crippen LogP contribution is -2.03. The Labute approximate surface area is 160 Å². The van der Waals surface area contributed by atoms with Crippen LogP contribution in [0, 0.1) is 24.0 Å². The van der Waals surface area contributed by atoms with Gasteiger partial charge < -0.3 is 4.52 Å². The summed E-state index contributed by atoms with van der Waals surface area (Å²) in [6.45, 7) is 4.65.